The molecule has 0 unspecified atom stereocenters. The Kier molecular flexibility index (Phi) is 6.03. The van der Waals surface area contributed by atoms with Gasteiger partial charge in [-0.2, -0.15) is 5.10 Å². The molecule has 0 fully saturated rings. The average Bonchev–Trinajstić information content (AvgIpc) is 3.19. The molecule has 2 aromatic heterocycles. The molecule has 0 atom stereocenters. The van der Waals surface area contributed by atoms with E-state index in [1.54, 1.807) is 42.6 Å². The van der Waals surface area contributed by atoms with Crippen molar-refractivity contribution in [1.29, 1.82) is 0 Å². The second-order valence-corrected chi connectivity index (χ2v) is 7.58. The molecule has 2 heterocycles. The first-order valence-electron chi connectivity index (χ1n) is 10.2. The molecule has 0 saturated carbocycles. The second kappa shape index (κ2) is 9.22. The third-order valence-corrected chi connectivity index (χ3v) is 4.77. The highest BCUT2D eigenvalue weighted by molar-refractivity contribution is 6.11. The Labute approximate surface area is 185 Å². The number of amides is 1. The van der Waals surface area contributed by atoms with Crippen molar-refractivity contribution in [2.75, 3.05) is 5.32 Å². The van der Waals surface area contributed by atoms with E-state index in [-0.39, 0.29) is 11.7 Å². The zero-order valence-corrected chi connectivity index (χ0v) is 17.8. The molecule has 0 radical (unpaired) electrons. The van der Waals surface area contributed by atoms with Crippen molar-refractivity contribution in [1.82, 2.24) is 15.2 Å². The van der Waals surface area contributed by atoms with E-state index in [9.17, 15) is 9.59 Å². The van der Waals surface area contributed by atoms with Crippen molar-refractivity contribution < 1.29 is 9.59 Å². The number of allylic oxidation sites excluding steroid dienone is 1. The van der Waals surface area contributed by atoms with Gasteiger partial charge in [0.15, 0.2) is 5.78 Å². The number of H-pyrrole nitrogens is 1. The van der Waals surface area contributed by atoms with E-state index in [4.69, 9.17) is 0 Å². The number of fused-ring (bicyclic) bond motifs is 1. The highest BCUT2D eigenvalue weighted by Crippen LogP contribution is 2.22. The molecule has 0 aliphatic carbocycles. The van der Waals surface area contributed by atoms with Crippen LogP contribution in [0.3, 0.4) is 0 Å². The molecule has 0 spiro atoms. The van der Waals surface area contributed by atoms with Gasteiger partial charge >= 0.3 is 0 Å². The number of rotatable bonds is 6. The van der Waals surface area contributed by atoms with Crippen LogP contribution in [0.1, 0.15) is 41.2 Å². The lowest BCUT2D eigenvalue weighted by atomic mass is 10.0. The van der Waals surface area contributed by atoms with Gasteiger partial charge in [0, 0.05) is 34.5 Å². The Morgan fingerprint density at radius 2 is 1.78 bits per heavy atom. The number of hydrogen-bond donors (Lipinski definition) is 2. The number of ketones is 1. The van der Waals surface area contributed by atoms with Crippen molar-refractivity contribution >= 4 is 40.4 Å². The zero-order valence-electron chi connectivity index (χ0n) is 17.8. The SMILES string of the molecule is CC(C)=CC(=O)Nc1cccc(C(=O)c2ccc3c(/C=C/c4ccccn4)n[nH]c3c2)c1. The first kappa shape index (κ1) is 20.9. The van der Waals surface area contributed by atoms with E-state index in [1.807, 2.05) is 50.3 Å². The van der Waals surface area contributed by atoms with E-state index < -0.39 is 0 Å². The second-order valence-electron chi connectivity index (χ2n) is 7.58. The smallest absolute Gasteiger partial charge is 0.248 e. The molecule has 2 N–H and O–H groups in total. The molecular weight excluding hydrogens is 400 g/mol. The van der Waals surface area contributed by atoms with Gasteiger partial charge in [-0.05, 0) is 62.4 Å². The molecule has 158 valence electrons. The lowest BCUT2D eigenvalue weighted by Crippen LogP contribution is -2.09. The number of aromatic nitrogens is 3. The largest absolute Gasteiger partial charge is 0.322 e. The summed E-state index contributed by atoms with van der Waals surface area (Å²) in [5, 5.41) is 11.0. The van der Waals surface area contributed by atoms with Crippen LogP contribution in [0.5, 0.6) is 0 Å². The Morgan fingerprint density at radius 1 is 0.938 bits per heavy atom. The van der Waals surface area contributed by atoms with Crippen molar-refractivity contribution in [3.63, 3.8) is 0 Å². The van der Waals surface area contributed by atoms with Crippen LogP contribution in [0.15, 0.2) is 78.5 Å². The topological polar surface area (TPSA) is 87.7 Å². The number of hydrogen-bond acceptors (Lipinski definition) is 4. The molecule has 6 heteroatoms. The number of nitrogens with zero attached hydrogens (tertiary/aromatic N) is 2. The maximum Gasteiger partial charge on any atom is 0.248 e. The molecule has 0 aliphatic rings. The molecule has 2 aromatic carbocycles. The Balaban J connectivity index is 1.56. The third kappa shape index (κ3) is 4.87. The van der Waals surface area contributed by atoms with Gasteiger partial charge in [0.2, 0.25) is 5.91 Å². The summed E-state index contributed by atoms with van der Waals surface area (Å²) >= 11 is 0. The van der Waals surface area contributed by atoms with Crippen LogP contribution in [0.2, 0.25) is 0 Å². The molecule has 6 nitrogen and oxygen atoms in total. The highest BCUT2D eigenvalue weighted by Gasteiger charge is 2.13. The number of pyridine rings is 1. The van der Waals surface area contributed by atoms with E-state index in [1.165, 1.54) is 6.08 Å². The summed E-state index contributed by atoms with van der Waals surface area (Å²) in [6.45, 7) is 3.70. The summed E-state index contributed by atoms with van der Waals surface area (Å²) in [7, 11) is 0. The maximum atomic E-state index is 13.0. The predicted molar refractivity (Wildman–Crippen MR) is 127 cm³/mol. The fourth-order valence-electron chi connectivity index (χ4n) is 3.29. The summed E-state index contributed by atoms with van der Waals surface area (Å²) in [5.74, 6) is -0.356. The zero-order chi connectivity index (χ0) is 22.5. The molecule has 0 saturated heterocycles. The van der Waals surface area contributed by atoms with Gasteiger partial charge in [0.25, 0.3) is 0 Å². The van der Waals surface area contributed by atoms with Crippen LogP contribution < -0.4 is 5.32 Å². The molecule has 4 aromatic rings. The van der Waals surface area contributed by atoms with Gasteiger partial charge < -0.3 is 5.32 Å². The van der Waals surface area contributed by atoms with Gasteiger partial charge in [-0.3, -0.25) is 19.7 Å². The van der Waals surface area contributed by atoms with Crippen molar-refractivity contribution in [2.24, 2.45) is 0 Å². The molecule has 0 bridgehead atoms. The Morgan fingerprint density at radius 3 is 2.56 bits per heavy atom. The van der Waals surface area contributed by atoms with Crippen molar-refractivity contribution in [2.45, 2.75) is 13.8 Å². The normalized spacial score (nSPS) is 10.9. The molecular formula is C26H22N4O2. The van der Waals surface area contributed by atoms with Crippen LogP contribution in [0.25, 0.3) is 23.1 Å². The van der Waals surface area contributed by atoms with Crippen LogP contribution in [0.4, 0.5) is 5.69 Å². The van der Waals surface area contributed by atoms with Gasteiger partial charge in [0.05, 0.1) is 16.9 Å². The van der Waals surface area contributed by atoms with Crippen molar-refractivity contribution in [3.05, 3.63) is 101 Å². The minimum absolute atomic E-state index is 0.134. The predicted octanol–water partition coefficient (Wildman–Crippen LogP) is 5.26. The van der Waals surface area contributed by atoms with Crippen LogP contribution in [0, 0.1) is 0 Å². The van der Waals surface area contributed by atoms with Crippen LogP contribution in [-0.4, -0.2) is 26.9 Å². The standard InChI is InChI=1S/C26H22N4O2/c1-17(2)14-25(31)28-21-8-5-6-18(15-21)26(32)19-9-11-22-23(29-30-24(22)16-19)12-10-20-7-3-4-13-27-20/h3-16H,1-2H3,(H,28,31)(H,29,30)/b12-10+. The number of aromatic amines is 1. The van der Waals surface area contributed by atoms with E-state index in [2.05, 4.69) is 20.5 Å². The fraction of sp³-hybridized carbons (Fsp3) is 0.0769. The average molecular weight is 422 g/mol. The number of carbonyl (C=O) groups excluding carboxylic acids is 2. The molecule has 0 aliphatic heterocycles. The summed E-state index contributed by atoms with van der Waals surface area (Å²) in [4.78, 5) is 29.3. The number of nitrogens with one attached hydrogen (secondary N) is 2. The lowest BCUT2D eigenvalue weighted by Gasteiger charge is -2.06. The summed E-state index contributed by atoms with van der Waals surface area (Å²) in [6.07, 6.45) is 7.04. The third-order valence-electron chi connectivity index (χ3n) is 4.77. The summed E-state index contributed by atoms with van der Waals surface area (Å²) in [6, 6.07) is 18.1. The molecule has 1 amide bonds. The minimum Gasteiger partial charge on any atom is -0.322 e. The van der Waals surface area contributed by atoms with Gasteiger partial charge in [-0.15, -0.1) is 0 Å². The Bertz CT molecular complexity index is 1350. The first-order chi connectivity index (χ1) is 15.5. The maximum absolute atomic E-state index is 13.0. The van der Waals surface area contributed by atoms with Gasteiger partial charge in [-0.1, -0.05) is 29.8 Å². The van der Waals surface area contributed by atoms with Gasteiger partial charge in [-0.25, -0.2) is 0 Å². The lowest BCUT2D eigenvalue weighted by molar-refractivity contribution is -0.111. The Hall–Kier alpha value is -4.32. The quantitative estimate of drug-likeness (QED) is 0.328. The monoisotopic (exact) mass is 422 g/mol. The van der Waals surface area contributed by atoms with Crippen LogP contribution >= 0.6 is 0 Å². The minimum atomic E-state index is -0.222. The van der Waals surface area contributed by atoms with Gasteiger partial charge in [0.1, 0.15) is 0 Å². The summed E-state index contributed by atoms with van der Waals surface area (Å²) in [5.41, 5.74) is 4.88. The van der Waals surface area contributed by atoms with E-state index in [0.29, 0.717) is 16.8 Å². The number of carbonyl (C=O) groups is 2. The van der Waals surface area contributed by atoms with Crippen LogP contribution in [-0.2, 0) is 4.79 Å². The highest BCUT2D eigenvalue weighted by atomic mass is 16.1. The van der Waals surface area contributed by atoms with E-state index in [0.717, 1.165) is 27.9 Å². The summed E-state index contributed by atoms with van der Waals surface area (Å²) < 4.78 is 0. The van der Waals surface area contributed by atoms with E-state index >= 15 is 0 Å². The molecule has 32 heavy (non-hydrogen) atoms. The first-order valence-corrected chi connectivity index (χ1v) is 10.2. The molecule has 4 rings (SSSR count). The van der Waals surface area contributed by atoms with Crippen molar-refractivity contribution in [3.8, 4) is 0 Å². The number of benzene rings is 2. The fourth-order valence-corrected chi connectivity index (χ4v) is 3.29. The number of anilines is 1.